The molecular formula is H2O6P2S. The lowest BCUT2D eigenvalue weighted by Crippen LogP contribution is -1.86. The van der Waals surface area contributed by atoms with Gasteiger partial charge in [0.25, 0.3) is 0 Å². The van der Waals surface area contributed by atoms with Crippen molar-refractivity contribution in [2.75, 3.05) is 0 Å². The maximum Gasteiger partial charge on any atom is 0.527 e. The maximum atomic E-state index is 10.0. The highest BCUT2D eigenvalue weighted by molar-refractivity contribution is 7.94. The maximum absolute atomic E-state index is 10.0. The van der Waals surface area contributed by atoms with Crippen molar-refractivity contribution < 1.29 is 28.7 Å². The molecule has 0 fully saturated rings. The SMILES string of the molecule is O=P(O)(OO)OOP=S. The van der Waals surface area contributed by atoms with Crippen LogP contribution in [0.5, 0.6) is 0 Å². The molecule has 0 aliphatic rings. The van der Waals surface area contributed by atoms with Crippen LogP contribution in [0.25, 0.3) is 0 Å². The molecule has 0 spiro atoms. The third-order valence-electron chi connectivity index (χ3n) is 0.261. The van der Waals surface area contributed by atoms with Gasteiger partial charge in [-0.25, -0.2) is 9.82 Å². The lowest BCUT2D eigenvalue weighted by molar-refractivity contribution is -0.203. The number of hydrogen-bond acceptors (Lipinski definition) is 6. The van der Waals surface area contributed by atoms with Gasteiger partial charge >= 0.3 is 7.82 Å². The van der Waals surface area contributed by atoms with Crippen molar-refractivity contribution in [2.24, 2.45) is 0 Å². The van der Waals surface area contributed by atoms with Crippen molar-refractivity contribution in [3.05, 3.63) is 0 Å². The molecule has 0 aliphatic carbocycles. The zero-order chi connectivity index (χ0) is 7.33. The monoisotopic (exact) mass is 192 g/mol. The average molecular weight is 192 g/mol. The van der Waals surface area contributed by atoms with Crippen molar-refractivity contribution in [3.63, 3.8) is 0 Å². The second kappa shape index (κ2) is 4.38. The normalized spacial score (nSPS) is 17.6. The van der Waals surface area contributed by atoms with Crippen LogP contribution in [-0.2, 0) is 30.4 Å². The highest BCUT2D eigenvalue weighted by Crippen LogP contribution is 2.42. The van der Waals surface area contributed by atoms with E-state index in [9.17, 15) is 4.57 Å². The third kappa shape index (κ3) is 5.02. The molecule has 9 heavy (non-hydrogen) atoms. The van der Waals surface area contributed by atoms with Crippen LogP contribution in [0, 0.1) is 0 Å². The van der Waals surface area contributed by atoms with E-state index in [1.54, 1.807) is 0 Å². The smallest absolute Gasteiger partial charge is 0.299 e. The summed E-state index contributed by atoms with van der Waals surface area (Å²) in [5.41, 5.74) is 0. The van der Waals surface area contributed by atoms with Gasteiger partial charge in [-0.05, 0) is 11.8 Å². The van der Waals surface area contributed by atoms with Gasteiger partial charge in [0.1, 0.15) is 0 Å². The van der Waals surface area contributed by atoms with Crippen LogP contribution in [0.15, 0.2) is 0 Å². The van der Waals surface area contributed by atoms with Gasteiger partial charge in [0.05, 0.1) is 0 Å². The summed E-state index contributed by atoms with van der Waals surface area (Å²) in [5, 5.41) is 7.57. The molecule has 0 amide bonds. The second-order valence-electron chi connectivity index (χ2n) is 0.774. The third-order valence-corrected chi connectivity index (χ3v) is 1.17. The van der Waals surface area contributed by atoms with Crippen molar-refractivity contribution in [3.8, 4) is 0 Å². The summed E-state index contributed by atoms with van der Waals surface area (Å²) >= 11 is 4.12. The van der Waals surface area contributed by atoms with E-state index in [0.29, 0.717) is 0 Å². The molecule has 1 unspecified atom stereocenters. The predicted octanol–water partition coefficient (Wildman–Crippen LogP) is 0.848. The van der Waals surface area contributed by atoms with Crippen molar-refractivity contribution in [1.29, 1.82) is 0 Å². The fraction of sp³-hybridized carbons (Fsp3) is 0. The minimum absolute atomic E-state index is 0.123. The molecule has 0 heterocycles. The second-order valence-corrected chi connectivity index (χ2v) is 2.77. The molecule has 0 saturated carbocycles. The predicted molar refractivity (Wildman–Crippen MR) is 30.0 cm³/mol. The fourth-order valence-electron chi connectivity index (χ4n) is 0.0693. The minimum Gasteiger partial charge on any atom is -0.299 e. The molecular weight excluding hydrogens is 190 g/mol. The molecule has 9 heteroatoms. The molecule has 0 aromatic rings. The quantitative estimate of drug-likeness (QED) is 0.387. The molecule has 2 N–H and O–H groups in total. The van der Waals surface area contributed by atoms with Crippen LogP contribution < -0.4 is 0 Å². The molecule has 1 atom stereocenters. The van der Waals surface area contributed by atoms with Gasteiger partial charge < -0.3 is 0 Å². The lowest BCUT2D eigenvalue weighted by atomic mass is 14.9. The highest BCUT2D eigenvalue weighted by Gasteiger charge is 2.21. The van der Waals surface area contributed by atoms with E-state index >= 15 is 0 Å². The summed E-state index contributed by atoms with van der Waals surface area (Å²) in [5.74, 6) is 0. The van der Waals surface area contributed by atoms with Gasteiger partial charge in [0.2, 0.25) is 0 Å². The van der Waals surface area contributed by atoms with Crippen molar-refractivity contribution >= 4 is 27.2 Å². The largest absolute Gasteiger partial charge is 0.527 e. The van der Waals surface area contributed by atoms with Gasteiger partial charge in [-0.1, -0.05) is 0 Å². The first-order valence-electron chi connectivity index (χ1n) is 1.46. The van der Waals surface area contributed by atoms with Crippen LogP contribution in [0.1, 0.15) is 0 Å². The molecule has 0 bridgehead atoms. The summed E-state index contributed by atoms with van der Waals surface area (Å²) in [6.07, 6.45) is 0. The molecule has 54 valence electrons. The van der Waals surface area contributed by atoms with E-state index in [1.165, 1.54) is 0 Å². The number of phosphoric acid groups is 1. The fourth-order valence-corrected chi connectivity index (χ4v) is 0.787. The first-order chi connectivity index (χ1) is 4.12. The zero-order valence-corrected chi connectivity index (χ0v) is 6.44. The highest BCUT2D eigenvalue weighted by atomic mass is 32.4. The standard InChI is InChI=1S/H2O6P2S/c1-4-8(2,3)6-5-7-9/h1H,(H,2,3). The van der Waals surface area contributed by atoms with Gasteiger partial charge in [-0.15, -0.1) is 9.35 Å². The number of hydrogen-bond donors (Lipinski definition) is 2. The van der Waals surface area contributed by atoms with Gasteiger partial charge in [-0.2, -0.15) is 4.67 Å². The Morgan fingerprint density at radius 1 is 1.67 bits per heavy atom. The lowest BCUT2D eigenvalue weighted by Gasteiger charge is -2.00. The summed E-state index contributed by atoms with van der Waals surface area (Å²) < 4.78 is 20.3. The molecule has 0 saturated heterocycles. The molecule has 6 nitrogen and oxygen atoms in total. The Morgan fingerprint density at radius 2 is 2.22 bits per heavy atom. The first-order valence-corrected chi connectivity index (χ1v) is 4.78. The van der Waals surface area contributed by atoms with Gasteiger partial charge in [-0.3, -0.25) is 4.89 Å². The Morgan fingerprint density at radius 3 is 2.56 bits per heavy atom. The van der Waals surface area contributed by atoms with Crippen LogP contribution >= 0.6 is 15.4 Å². The Bertz CT molecular complexity index is 131. The molecule has 0 aromatic heterocycles. The summed E-state index contributed by atoms with van der Waals surface area (Å²) in [7, 11) is -4.55. The van der Waals surface area contributed by atoms with Crippen molar-refractivity contribution in [1.82, 2.24) is 0 Å². The minimum atomic E-state index is -4.43. The van der Waals surface area contributed by atoms with E-state index < -0.39 is 7.82 Å². The molecule has 0 radical (unpaired) electrons. The topological polar surface area (TPSA) is 85.2 Å². The molecule has 0 aromatic carbocycles. The van der Waals surface area contributed by atoms with E-state index in [0.717, 1.165) is 0 Å². The van der Waals surface area contributed by atoms with Gasteiger partial charge in [0.15, 0.2) is 7.58 Å². The Balaban J connectivity index is 3.58. The Hall–Kier alpha value is 0.550. The van der Waals surface area contributed by atoms with E-state index in [2.05, 4.69) is 25.8 Å². The summed E-state index contributed by atoms with van der Waals surface area (Å²) in [6, 6.07) is 0. The van der Waals surface area contributed by atoms with Crippen LogP contribution in [0.2, 0.25) is 0 Å². The summed E-state index contributed by atoms with van der Waals surface area (Å²) in [4.78, 5) is 8.14. The molecule has 0 aliphatic heterocycles. The van der Waals surface area contributed by atoms with Crippen molar-refractivity contribution in [2.45, 2.75) is 0 Å². The average Bonchev–Trinajstić information content (AvgIpc) is 1.84. The molecule has 0 rings (SSSR count). The number of rotatable bonds is 4. The first kappa shape index (κ1) is 9.55. The van der Waals surface area contributed by atoms with E-state index in [4.69, 9.17) is 10.2 Å². The van der Waals surface area contributed by atoms with Gasteiger partial charge in [0, 0.05) is 0 Å². The van der Waals surface area contributed by atoms with Crippen LogP contribution in [0.3, 0.4) is 0 Å². The van der Waals surface area contributed by atoms with E-state index in [1.807, 2.05) is 0 Å². The van der Waals surface area contributed by atoms with Crippen LogP contribution in [-0.4, -0.2) is 10.2 Å². The Labute approximate surface area is 56.7 Å². The zero-order valence-electron chi connectivity index (χ0n) is 3.83. The Kier molecular flexibility index (Phi) is 4.65. The summed E-state index contributed by atoms with van der Waals surface area (Å²) in [6.45, 7) is 0. The van der Waals surface area contributed by atoms with E-state index in [-0.39, 0.29) is 7.58 Å². The van der Waals surface area contributed by atoms with Crippen LogP contribution in [0.4, 0.5) is 0 Å².